The van der Waals surface area contributed by atoms with E-state index in [2.05, 4.69) is 25.2 Å². The lowest BCUT2D eigenvalue weighted by molar-refractivity contribution is -0.122. The van der Waals surface area contributed by atoms with Crippen LogP contribution >= 0.6 is 11.6 Å². The minimum absolute atomic E-state index is 0.0613. The summed E-state index contributed by atoms with van der Waals surface area (Å²) in [5.41, 5.74) is 3.42. The van der Waals surface area contributed by atoms with Gasteiger partial charge in [-0.25, -0.2) is 27.5 Å². The monoisotopic (exact) mass is 707 g/mol. The van der Waals surface area contributed by atoms with E-state index in [1.54, 1.807) is 26.2 Å². The third kappa shape index (κ3) is 6.13. The van der Waals surface area contributed by atoms with Crippen LogP contribution < -0.4 is 20.0 Å². The number of amides is 2. The number of anilines is 5. The molecule has 0 aliphatic carbocycles. The molecule has 5 aromatic rings. The highest BCUT2D eigenvalue weighted by Crippen LogP contribution is 2.39. The molecule has 10 nitrogen and oxygen atoms in total. The molecule has 0 radical (unpaired) electrons. The number of hydrogen-bond acceptors (Lipinski definition) is 8. The highest BCUT2D eigenvalue weighted by Gasteiger charge is 2.31. The van der Waals surface area contributed by atoms with E-state index in [9.17, 15) is 27.2 Å². The highest BCUT2D eigenvalue weighted by atomic mass is 35.5. The number of carbonyl (C=O) groups is 2. The van der Waals surface area contributed by atoms with Gasteiger partial charge in [-0.15, -0.1) is 0 Å². The van der Waals surface area contributed by atoms with Gasteiger partial charge in [-0.2, -0.15) is 0 Å². The van der Waals surface area contributed by atoms with E-state index < -0.39 is 23.3 Å². The Hall–Kier alpha value is -5.08. The lowest BCUT2D eigenvalue weighted by Crippen LogP contribution is -2.44. The van der Waals surface area contributed by atoms with Gasteiger partial charge in [0.2, 0.25) is 11.8 Å². The summed E-state index contributed by atoms with van der Waals surface area (Å²) in [7, 11) is 0. The van der Waals surface area contributed by atoms with E-state index in [1.165, 1.54) is 15.9 Å². The molecule has 8 rings (SSSR count). The normalized spacial score (nSPS) is 15.9. The zero-order chi connectivity index (χ0) is 35.3. The predicted octanol–water partition coefficient (Wildman–Crippen LogP) is 6.74. The van der Waals surface area contributed by atoms with Crippen LogP contribution in [0.5, 0.6) is 0 Å². The Morgan fingerprint density at radius 1 is 0.740 bits per heavy atom. The van der Waals surface area contributed by atoms with Crippen LogP contribution in [0.1, 0.15) is 24.0 Å². The molecule has 3 aliphatic heterocycles. The molecular formula is C35H30ClF4N7O3. The third-order valence-corrected chi connectivity index (χ3v) is 9.42. The van der Waals surface area contributed by atoms with Gasteiger partial charge in [0.25, 0.3) is 0 Å². The number of benzene rings is 2. The first-order chi connectivity index (χ1) is 24.0. The fourth-order valence-electron chi connectivity index (χ4n) is 6.14. The van der Waals surface area contributed by atoms with Crippen LogP contribution in [0, 0.1) is 37.1 Å². The molecule has 0 saturated carbocycles. The molecule has 3 aromatic heterocycles. The second kappa shape index (κ2) is 13.3. The summed E-state index contributed by atoms with van der Waals surface area (Å²) in [5.74, 6) is -2.25. The van der Waals surface area contributed by atoms with Crippen molar-refractivity contribution in [3.8, 4) is 0 Å². The number of nitrogens with zero attached hydrogens (tertiary/aromatic N) is 6. The van der Waals surface area contributed by atoms with Crippen LogP contribution in [0.4, 0.5) is 46.3 Å². The summed E-state index contributed by atoms with van der Waals surface area (Å²) in [5, 5.41) is 3.67. The Morgan fingerprint density at radius 3 is 1.86 bits per heavy atom. The molecular weight excluding hydrogens is 678 g/mol. The third-order valence-electron chi connectivity index (χ3n) is 8.95. The minimum atomic E-state index is -0.753. The number of rotatable bonds is 5. The van der Waals surface area contributed by atoms with Crippen molar-refractivity contribution in [2.45, 2.75) is 26.7 Å². The fourth-order valence-corrected chi connectivity index (χ4v) is 6.41. The molecule has 0 spiro atoms. The second-order valence-electron chi connectivity index (χ2n) is 12.1. The van der Waals surface area contributed by atoms with Crippen LogP contribution in [-0.2, 0) is 14.3 Å². The van der Waals surface area contributed by atoms with E-state index in [-0.39, 0.29) is 38.6 Å². The van der Waals surface area contributed by atoms with Crippen LogP contribution in [0.15, 0.2) is 42.7 Å². The van der Waals surface area contributed by atoms with E-state index >= 15 is 0 Å². The van der Waals surface area contributed by atoms with Gasteiger partial charge >= 0.3 is 0 Å². The largest absolute Gasteiger partial charge is 0.378 e. The van der Waals surface area contributed by atoms with Crippen molar-refractivity contribution in [3.05, 3.63) is 82.1 Å². The molecule has 0 unspecified atom stereocenters. The van der Waals surface area contributed by atoms with E-state index in [1.807, 2.05) is 6.07 Å². The van der Waals surface area contributed by atoms with Gasteiger partial charge in [0.05, 0.1) is 69.5 Å². The molecule has 2 amide bonds. The Bertz CT molecular complexity index is 2200. The Balaban J connectivity index is 0.000000176. The van der Waals surface area contributed by atoms with Gasteiger partial charge in [-0.05, 0) is 19.9 Å². The SMILES string of the molecule is Cc1c(N2CCC2=O)nc2cc(F)cc(F)c2c1Cl.Cc1c(N2CCC2=O)nc2cc(F)cc(F)c2c1Nc1cncc(N2CCOCC2)c1. The topological polar surface area (TPSA) is 104 Å². The van der Waals surface area contributed by atoms with Crippen molar-refractivity contribution in [3.63, 3.8) is 0 Å². The molecule has 6 heterocycles. The Kier molecular flexibility index (Phi) is 8.91. The maximum atomic E-state index is 14.8. The first-order valence-electron chi connectivity index (χ1n) is 15.9. The lowest BCUT2D eigenvalue weighted by Gasteiger charge is -2.32. The van der Waals surface area contributed by atoms with E-state index in [0.29, 0.717) is 73.3 Å². The van der Waals surface area contributed by atoms with Gasteiger partial charge in [-0.3, -0.25) is 24.4 Å². The number of morpholine rings is 1. The molecule has 258 valence electrons. The quantitative estimate of drug-likeness (QED) is 0.158. The number of carbonyl (C=O) groups excluding carboxylic acids is 2. The molecule has 1 N–H and O–H groups in total. The van der Waals surface area contributed by atoms with Crippen molar-refractivity contribution in [2.24, 2.45) is 0 Å². The molecule has 0 atom stereocenters. The summed E-state index contributed by atoms with van der Waals surface area (Å²) in [6.07, 6.45) is 4.30. The van der Waals surface area contributed by atoms with Crippen LogP contribution in [-0.4, -0.2) is 66.2 Å². The Morgan fingerprint density at radius 2 is 1.30 bits per heavy atom. The van der Waals surface area contributed by atoms with E-state index in [0.717, 1.165) is 37.0 Å². The maximum Gasteiger partial charge on any atom is 0.229 e. The average Bonchev–Trinajstić information content (AvgIpc) is 3.07. The van der Waals surface area contributed by atoms with Gasteiger partial charge in [0, 0.05) is 74.4 Å². The first-order valence-corrected chi connectivity index (χ1v) is 16.3. The van der Waals surface area contributed by atoms with Gasteiger partial charge in [0.15, 0.2) is 0 Å². The molecule has 0 bridgehead atoms. The summed E-state index contributed by atoms with van der Waals surface area (Å²) in [4.78, 5) is 41.6. The number of aromatic nitrogens is 3. The van der Waals surface area contributed by atoms with Crippen LogP contribution in [0.25, 0.3) is 21.8 Å². The number of fused-ring (bicyclic) bond motifs is 2. The standard InChI is InChI=1S/C22H21F2N5O2.C13H9ClF2N2O/c1-13-21(26-15-10-16(12-25-11-15)28-4-6-31-7-5-28)20-17(24)8-14(23)9-18(20)27-22(13)29-3-2-19(29)30;1-6-12(14)11-8(16)4-7(15)5-9(11)17-13(6)18-3-2-10(18)19/h8-12H,2-7H2,1H3,(H,26,27);4-5H,2-3H2,1H3. The summed E-state index contributed by atoms with van der Waals surface area (Å²) in [6, 6.07) is 5.83. The van der Waals surface area contributed by atoms with E-state index in [4.69, 9.17) is 16.3 Å². The number of hydrogen-bond donors (Lipinski definition) is 1. The number of pyridine rings is 3. The van der Waals surface area contributed by atoms with Crippen molar-refractivity contribution in [1.82, 2.24) is 15.0 Å². The van der Waals surface area contributed by atoms with Crippen molar-refractivity contribution in [1.29, 1.82) is 0 Å². The molecule has 2 aromatic carbocycles. The molecule has 50 heavy (non-hydrogen) atoms. The maximum absolute atomic E-state index is 14.8. The van der Waals surface area contributed by atoms with Gasteiger partial charge in [-0.1, -0.05) is 11.6 Å². The zero-order valence-electron chi connectivity index (χ0n) is 27.0. The smallest absolute Gasteiger partial charge is 0.229 e. The van der Waals surface area contributed by atoms with Gasteiger partial charge < -0.3 is 15.0 Å². The second-order valence-corrected chi connectivity index (χ2v) is 12.5. The number of ether oxygens (including phenoxy) is 1. The number of β-lactam (4-membered cyclic amide) rings is 2. The lowest BCUT2D eigenvalue weighted by atomic mass is 10.1. The summed E-state index contributed by atoms with van der Waals surface area (Å²) >= 11 is 6.12. The van der Waals surface area contributed by atoms with Crippen molar-refractivity contribution >= 4 is 73.9 Å². The molecule has 3 fully saturated rings. The zero-order valence-corrected chi connectivity index (χ0v) is 27.8. The van der Waals surface area contributed by atoms with Crippen molar-refractivity contribution in [2.75, 3.05) is 59.4 Å². The van der Waals surface area contributed by atoms with Crippen LogP contribution in [0.3, 0.4) is 0 Å². The van der Waals surface area contributed by atoms with Crippen LogP contribution in [0.2, 0.25) is 5.02 Å². The highest BCUT2D eigenvalue weighted by molar-refractivity contribution is 6.36. The minimum Gasteiger partial charge on any atom is -0.378 e. The Labute approximate surface area is 288 Å². The molecule has 15 heteroatoms. The first kappa shape index (κ1) is 33.4. The molecule has 3 aliphatic rings. The number of halogens is 5. The summed E-state index contributed by atoms with van der Waals surface area (Å²) in [6.45, 7) is 7.34. The van der Waals surface area contributed by atoms with Gasteiger partial charge in [0.1, 0.15) is 34.9 Å². The fraction of sp³-hybridized carbons (Fsp3) is 0.286. The number of nitrogens with one attached hydrogen (secondary N) is 1. The van der Waals surface area contributed by atoms with Crippen molar-refractivity contribution < 1.29 is 31.9 Å². The summed E-state index contributed by atoms with van der Waals surface area (Å²) < 4.78 is 61.1. The average molecular weight is 708 g/mol. The predicted molar refractivity (Wildman–Crippen MR) is 182 cm³/mol. The molecule has 3 saturated heterocycles.